The molecular weight excluding hydrogens is 462 g/mol. The van der Waals surface area contributed by atoms with E-state index >= 15 is 0 Å². The number of aliphatic hydroxyl groups is 4. The second-order valence-corrected chi connectivity index (χ2v) is 13.0. The molecule has 4 fully saturated rings. The number of hydrogen-bond donors (Lipinski definition) is 4. The van der Waals surface area contributed by atoms with Crippen molar-refractivity contribution in [3.05, 3.63) is 30.3 Å². The Balaban J connectivity index is 1.75. The topological polar surface area (TPSA) is 84.2 Å². The Labute approximate surface area is 224 Å². The zero-order valence-corrected chi connectivity index (χ0v) is 23.1. The van der Waals surface area contributed by atoms with Crippen molar-refractivity contribution in [1.82, 2.24) is 0 Å². The normalized spacial score (nSPS) is 39.5. The molecule has 1 aromatic carbocycles. The zero-order valence-electron chi connectivity index (χ0n) is 23.1. The number of anilines is 1. The fourth-order valence-electron chi connectivity index (χ4n) is 9.96. The highest BCUT2D eigenvalue weighted by molar-refractivity contribution is 5.54. The Bertz CT molecular complexity index is 785. The summed E-state index contributed by atoms with van der Waals surface area (Å²) in [5, 5.41) is 43.3. The molecule has 4 aliphatic rings. The van der Waals surface area contributed by atoms with Gasteiger partial charge in [0, 0.05) is 16.8 Å². The minimum absolute atomic E-state index is 0.187. The van der Waals surface area contributed by atoms with Crippen LogP contribution in [0.4, 0.5) is 5.69 Å². The Morgan fingerprint density at radius 3 is 1.14 bits per heavy atom. The molecule has 4 saturated carbocycles. The van der Waals surface area contributed by atoms with Crippen LogP contribution in [-0.2, 0) is 0 Å². The van der Waals surface area contributed by atoms with Crippen LogP contribution in [0.25, 0.3) is 0 Å². The van der Waals surface area contributed by atoms with Crippen LogP contribution >= 0.6 is 0 Å². The van der Waals surface area contributed by atoms with Gasteiger partial charge in [-0.1, -0.05) is 32.0 Å². The molecule has 4 N–H and O–H groups in total. The molecule has 0 amide bonds. The van der Waals surface area contributed by atoms with Gasteiger partial charge in [-0.15, -0.1) is 0 Å². The molecule has 5 rings (SSSR count). The van der Waals surface area contributed by atoms with Crippen molar-refractivity contribution in [3.63, 3.8) is 0 Å². The lowest BCUT2D eigenvalue weighted by molar-refractivity contribution is 0.0399. The molecule has 0 radical (unpaired) electrons. The SMILES string of the molecule is CCC(C1CCC(O)C1)(C1CCC(O)C1)N(c1ccccc1)C(CC)(C1CCC(O)C1)C1CCC(O)C1. The molecule has 0 aliphatic heterocycles. The van der Waals surface area contributed by atoms with Crippen molar-refractivity contribution >= 4 is 5.69 Å². The number of aliphatic hydroxyl groups excluding tert-OH is 4. The predicted molar refractivity (Wildman–Crippen MR) is 148 cm³/mol. The van der Waals surface area contributed by atoms with Crippen molar-refractivity contribution in [2.45, 2.75) is 139 Å². The van der Waals surface area contributed by atoms with E-state index in [4.69, 9.17) is 0 Å². The standard InChI is InChI=1S/C32H51NO4/c1-3-31(22-10-14-27(34)18-22,23-11-15-28(35)19-23)33(26-8-6-5-7-9-26)32(4-2,24-12-16-29(36)20-24)25-13-17-30(37)21-25/h5-9,22-25,27-30,34-37H,3-4,10-21H2,1-2H3. The fourth-order valence-corrected chi connectivity index (χ4v) is 9.96. The third kappa shape index (κ3) is 4.77. The number of nitrogens with zero attached hydrogens (tertiary/aromatic N) is 1. The van der Waals surface area contributed by atoms with E-state index in [1.165, 1.54) is 5.69 Å². The van der Waals surface area contributed by atoms with Gasteiger partial charge in [0.15, 0.2) is 0 Å². The lowest BCUT2D eigenvalue weighted by atomic mass is 9.61. The highest BCUT2D eigenvalue weighted by atomic mass is 16.3. The highest BCUT2D eigenvalue weighted by Gasteiger charge is 2.61. The molecule has 208 valence electrons. The molecule has 1 aromatic rings. The van der Waals surface area contributed by atoms with E-state index in [-0.39, 0.29) is 35.5 Å². The largest absolute Gasteiger partial charge is 0.393 e. The summed E-state index contributed by atoms with van der Waals surface area (Å²) in [5.74, 6) is 1.41. The molecule has 4 aliphatic carbocycles. The average Bonchev–Trinajstić information content (AvgIpc) is 3.71. The summed E-state index contributed by atoms with van der Waals surface area (Å²) < 4.78 is 0. The first-order valence-electron chi connectivity index (χ1n) is 15.4. The molecule has 5 heteroatoms. The first-order chi connectivity index (χ1) is 17.8. The van der Waals surface area contributed by atoms with Crippen LogP contribution in [-0.4, -0.2) is 55.9 Å². The van der Waals surface area contributed by atoms with Crippen LogP contribution in [0.3, 0.4) is 0 Å². The maximum absolute atomic E-state index is 10.8. The third-order valence-corrected chi connectivity index (χ3v) is 11.4. The Morgan fingerprint density at radius 2 is 0.892 bits per heavy atom. The monoisotopic (exact) mass is 513 g/mol. The Kier molecular flexibility index (Phi) is 8.27. The van der Waals surface area contributed by atoms with Gasteiger partial charge in [0.25, 0.3) is 0 Å². The van der Waals surface area contributed by atoms with E-state index in [1.54, 1.807) is 0 Å². The van der Waals surface area contributed by atoms with Crippen molar-refractivity contribution in [2.24, 2.45) is 23.7 Å². The smallest absolute Gasteiger partial charge is 0.0543 e. The van der Waals surface area contributed by atoms with E-state index in [2.05, 4.69) is 49.1 Å². The second-order valence-electron chi connectivity index (χ2n) is 13.0. The summed E-state index contributed by atoms with van der Waals surface area (Å²) in [6.45, 7) is 4.69. The molecule has 0 saturated heterocycles. The lowest BCUT2D eigenvalue weighted by Crippen LogP contribution is -2.71. The molecule has 0 heterocycles. The Hall–Kier alpha value is -1.14. The van der Waals surface area contributed by atoms with Crippen molar-refractivity contribution in [1.29, 1.82) is 0 Å². The van der Waals surface area contributed by atoms with E-state index < -0.39 is 0 Å². The number of hydrogen-bond acceptors (Lipinski definition) is 5. The molecule has 5 nitrogen and oxygen atoms in total. The number of benzene rings is 1. The van der Waals surface area contributed by atoms with E-state index in [0.717, 1.165) is 89.9 Å². The molecule has 0 aromatic heterocycles. The zero-order chi connectivity index (χ0) is 26.2. The van der Waals surface area contributed by atoms with E-state index in [9.17, 15) is 20.4 Å². The van der Waals surface area contributed by atoms with Crippen LogP contribution in [0.1, 0.15) is 104 Å². The van der Waals surface area contributed by atoms with Gasteiger partial charge in [-0.3, -0.25) is 0 Å². The first-order valence-corrected chi connectivity index (χ1v) is 15.4. The van der Waals surface area contributed by atoms with Gasteiger partial charge in [-0.25, -0.2) is 0 Å². The van der Waals surface area contributed by atoms with Crippen molar-refractivity contribution in [3.8, 4) is 0 Å². The quantitative estimate of drug-likeness (QED) is 0.354. The summed E-state index contributed by atoms with van der Waals surface area (Å²) in [5.41, 5.74) is 0.873. The molecular formula is C32H51NO4. The van der Waals surface area contributed by atoms with Gasteiger partial charge in [0.1, 0.15) is 0 Å². The van der Waals surface area contributed by atoms with Gasteiger partial charge in [-0.05, 0) is 126 Å². The summed E-state index contributed by atoms with van der Waals surface area (Å²) in [6.07, 6.45) is 11.7. The molecule has 0 spiro atoms. The summed E-state index contributed by atoms with van der Waals surface area (Å²) in [6, 6.07) is 11.0. The fraction of sp³-hybridized carbons (Fsp3) is 0.812. The van der Waals surface area contributed by atoms with Gasteiger partial charge >= 0.3 is 0 Å². The van der Waals surface area contributed by atoms with E-state index in [1.807, 2.05) is 0 Å². The molecule has 8 unspecified atom stereocenters. The lowest BCUT2D eigenvalue weighted by Gasteiger charge is -2.64. The number of rotatable bonds is 9. The van der Waals surface area contributed by atoms with Crippen LogP contribution in [0.5, 0.6) is 0 Å². The van der Waals surface area contributed by atoms with Crippen molar-refractivity contribution < 1.29 is 20.4 Å². The maximum atomic E-state index is 10.8. The van der Waals surface area contributed by atoms with Crippen molar-refractivity contribution in [2.75, 3.05) is 4.90 Å². The van der Waals surface area contributed by atoms with Gasteiger partial charge < -0.3 is 25.3 Å². The van der Waals surface area contributed by atoms with Gasteiger partial charge in [0.2, 0.25) is 0 Å². The predicted octanol–water partition coefficient (Wildman–Crippen LogP) is 5.43. The second kappa shape index (κ2) is 11.2. The maximum Gasteiger partial charge on any atom is 0.0543 e. The van der Waals surface area contributed by atoms with Crippen LogP contribution in [0, 0.1) is 23.7 Å². The average molecular weight is 514 g/mol. The summed E-state index contributed by atoms with van der Waals surface area (Å²) in [7, 11) is 0. The summed E-state index contributed by atoms with van der Waals surface area (Å²) >= 11 is 0. The van der Waals surface area contributed by atoms with Gasteiger partial charge in [-0.2, -0.15) is 0 Å². The third-order valence-electron chi connectivity index (χ3n) is 11.4. The van der Waals surface area contributed by atoms with Crippen LogP contribution < -0.4 is 4.90 Å². The van der Waals surface area contributed by atoms with Crippen LogP contribution in [0.15, 0.2) is 30.3 Å². The van der Waals surface area contributed by atoms with Crippen LogP contribution in [0.2, 0.25) is 0 Å². The molecule has 8 atom stereocenters. The minimum atomic E-state index is -0.252. The summed E-state index contributed by atoms with van der Waals surface area (Å²) in [4.78, 5) is 2.86. The number of para-hydroxylation sites is 1. The molecule has 0 bridgehead atoms. The minimum Gasteiger partial charge on any atom is -0.393 e. The molecule has 37 heavy (non-hydrogen) atoms. The highest BCUT2D eigenvalue weighted by Crippen LogP contribution is 2.59. The van der Waals surface area contributed by atoms with E-state index in [0.29, 0.717) is 23.7 Å². The first kappa shape index (κ1) is 27.4. The Morgan fingerprint density at radius 1 is 0.568 bits per heavy atom. The van der Waals surface area contributed by atoms with Gasteiger partial charge in [0.05, 0.1) is 24.4 Å².